The fourth-order valence-electron chi connectivity index (χ4n) is 2.15. The van der Waals surface area contributed by atoms with Crippen molar-refractivity contribution in [2.45, 2.75) is 13.3 Å². The molecule has 0 bridgehead atoms. The van der Waals surface area contributed by atoms with Crippen LogP contribution in [0.4, 0.5) is 4.79 Å². The van der Waals surface area contributed by atoms with Gasteiger partial charge in [0, 0.05) is 0 Å². The third kappa shape index (κ3) is 2.59. The van der Waals surface area contributed by atoms with E-state index in [1.54, 1.807) is 0 Å². The molecule has 1 heterocycles. The van der Waals surface area contributed by atoms with Gasteiger partial charge in [-0.25, -0.2) is 9.59 Å². The summed E-state index contributed by atoms with van der Waals surface area (Å²) in [6.45, 7) is 2.37. The van der Waals surface area contributed by atoms with Crippen molar-refractivity contribution in [3.63, 3.8) is 0 Å². The normalized spacial score (nSPS) is 16.1. The second-order valence-corrected chi connectivity index (χ2v) is 4.12. The number of rotatable bonds is 4. The van der Waals surface area contributed by atoms with E-state index in [-0.39, 0.29) is 18.8 Å². The van der Waals surface area contributed by atoms with Crippen molar-refractivity contribution in [3.8, 4) is 0 Å². The molecule has 1 amide bonds. The number of allylic oxidation sites excluding steroid dienone is 1. The SMILES string of the molecule is CC/C(=C(\C(=O)O)N1CCOC1=O)c1ccccc1. The molecule has 0 aromatic heterocycles. The average Bonchev–Trinajstić information content (AvgIpc) is 2.82. The highest BCUT2D eigenvalue weighted by molar-refractivity contribution is 5.99. The first kappa shape index (κ1) is 13.1. The minimum Gasteiger partial charge on any atom is -0.477 e. The van der Waals surface area contributed by atoms with Crippen LogP contribution in [-0.2, 0) is 9.53 Å². The molecule has 1 aliphatic heterocycles. The lowest BCUT2D eigenvalue weighted by Crippen LogP contribution is -2.29. The summed E-state index contributed by atoms with van der Waals surface area (Å²) in [5.41, 5.74) is 1.45. The lowest BCUT2D eigenvalue weighted by molar-refractivity contribution is -0.134. The van der Waals surface area contributed by atoms with Gasteiger partial charge in [-0.3, -0.25) is 4.90 Å². The molecule has 2 rings (SSSR count). The van der Waals surface area contributed by atoms with Crippen LogP contribution in [0.25, 0.3) is 5.57 Å². The Bertz CT molecular complexity index is 522. The lowest BCUT2D eigenvalue weighted by atomic mass is 10.0. The molecular formula is C14H15NO4. The minimum atomic E-state index is -1.11. The van der Waals surface area contributed by atoms with E-state index in [9.17, 15) is 14.7 Å². The quantitative estimate of drug-likeness (QED) is 0.845. The molecule has 5 nitrogen and oxygen atoms in total. The molecule has 19 heavy (non-hydrogen) atoms. The van der Waals surface area contributed by atoms with Crippen molar-refractivity contribution >= 4 is 17.6 Å². The van der Waals surface area contributed by atoms with E-state index < -0.39 is 12.1 Å². The van der Waals surface area contributed by atoms with Gasteiger partial charge in [-0.05, 0) is 17.6 Å². The van der Waals surface area contributed by atoms with E-state index in [0.29, 0.717) is 12.0 Å². The first-order valence-corrected chi connectivity index (χ1v) is 6.11. The standard InChI is InChI=1S/C14H15NO4/c1-2-11(10-6-4-3-5-7-10)12(13(16)17)15-8-9-19-14(15)18/h3-7H,2,8-9H2,1H3,(H,16,17)/b12-11-. The maximum Gasteiger partial charge on any atom is 0.414 e. The van der Waals surface area contributed by atoms with Crippen LogP contribution in [0, 0.1) is 0 Å². The van der Waals surface area contributed by atoms with Crippen LogP contribution in [-0.4, -0.2) is 35.2 Å². The monoisotopic (exact) mass is 261 g/mol. The van der Waals surface area contributed by atoms with Gasteiger partial charge in [0.05, 0.1) is 6.54 Å². The van der Waals surface area contributed by atoms with Gasteiger partial charge in [-0.2, -0.15) is 0 Å². The molecule has 1 aromatic carbocycles. The number of aliphatic carboxylic acids is 1. The maximum atomic E-state index is 11.6. The molecule has 1 aromatic rings. The van der Waals surface area contributed by atoms with Gasteiger partial charge in [0.15, 0.2) is 0 Å². The summed E-state index contributed by atoms with van der Waals surface area (Å²) in [5.74, 6) is -1.11. The fraction of sp³-hybridized carbons (Fsp3) is 0.286. The van der Waals surface area contributed by atoms with E-state index in [0.717, 1.165) is 5.56 Å². The minimum absolute atomic E-state index is 0.0104. The van der Waals surface area contributed by atoms with Gasteiger partial charge in [0.2, 0.25) is 0 Å². The third-order valence-electron chi connectivity index (χ3n) is 2.99. The van der Waals surface area contributed by atoms with Gasteiger partial charge >= 0.3 is 12.1 Å². The number of carbonyl (C=O) groups excluding carboxylic acids is 1. The summed E-state index contributed by atoms with van der Waals surface area (Å²) < 4.78 is 4.82. The molecule has 1 saturated heterocycles. The van der Waals surface area contributed by atoms with E-state index in [1.807, 2.05) is 37.3 Å². The Balaban J connectivity index is 2.53. The van der Waals surface area contributed by atoms with Crippen LogP contribution in [0.3, 0.4) is 0 Å². The summed E-state index contributed by atoms with van der Waals surface area (Å²) in [6.07, 6.45) is -0.0746. The number of carbonyl (C=O) groups is 2. The molecule has 0 aliphatic carbocycles. The van der Waals surface area contributed by atoms with Crippen LogP contribution in [0.1, 0.15) is 18.9 Å². The zero-order valence-electron chi connectivity index (χ0n) is 10.6. The number of benzene rings is 1. The Kier molecular flexibility index (Phi) is 3.85. The predicted molar refractivity (Wildman–Crippen MR) is 69.3 cm³/mol. The van der Waals surface area contributed by atoms with Crippen LogP contribution >= 0.6 is 0 Å². The second-order valence-electron chi connectivity index (χ2n) is 4.12. The first-order valence-electron chi connectivity index (χ1n) is 6.11. The van der Waals surface area contributed by atoms with E-state index >= 15 is 0 Å². The molecule has 0 saturated carbocycles. The van der Waals surface area contributed by atoms with E-state index in [2.05, 4.69) is 0 Å². The average molecular weight is 261 g/mol. The van der Waals surface area contributed by atoms with Crippen LogP contribution in [0.2, 0.25) is 0 Å². The molecule has 100 valence electrons. The Hall–Kier alpha value is -2.30. The summed E-state index contributed by atoms with van der Waals surface area (Å²) in [5, 5.41) is 9.41. The number of hydrogen-bond donors (Lipinski definition) is 1. The Morgan fingerprint density at radius 1 is 1.37 bits per heavy atom. The lowest BCUT2D eigenvalue weighted by Gasteiger charge is -2.18. The van der Waals surface area contributed by atoms with Gasteiger partial charge < -0.3 is 9.84 Å². The number of carboxylic acids is 1. The number of ether oxygens (including phenoxy) is 1. The summed E-state index contributed by atoms with van der Waals surface area (Å²) in [4.78, 5) is 24.3. The van der Waals surface area contributed by atoms with Crippen molar-refractivity contribution in [1.82, 2.24) is 4.90 Å². The van der Waals surface area contributed by atoms with E-state index in [4.69, 9.17) is 4.74 Å². The highest BCUT2D eigenvalue weighted by atomic mass is 16.6. The van der Waals surface area contributed by atoms with Crippen LogP contribution < -0.4 is 0 Å². The fourth-order valence-corrected chi connectivity index (χ4v) is 2.15. The van der Waals surface area contributed by atoms with Gasteiger partial charge in [0.25, 0.3) is 0 Å². The highest BCUT2D eigenvalue weighted by Crippen LogP contribution is 2.26. The van der Waals surface area contributed by atoms with Crippen molar-refractivity contribution in [2.24, 2.45) is 0 Å². The topological polar surface area (TPSA) is 66.8 Å². The number of hydrogen-bond acceptors (Lipinski definition) is 3. The van der Waals surface area contributed by atoms with Crippen molar-refractivity contribution in [2.75, 3.05) is 13.2 Å². The number of carboxylic acid groups (broad SMARTS) is 1. The number of amides is 1. The summed E-state index contributed by atoms with van der Waals surface area (Å²) >= 11 is 0. The Morgan fingerprint density at radius 2 is 2.05 bits per heavy atom. The predicted octanol–water partition coefficient (Wildman–Crippen LogP) is 2.34. The van der Waals surface area contributed by atoms with Crippen LogP contribution in [0.5, 0.6) is 0 Å². The van der Waals surface area contributed by atoms with Crippen LogP contribution in [0.15, 0.2) is 36.0 Å². The van der Waals surface area contributed by atoms with Crippen molar-refractivity contribution < 1.29 is 19.4 Å². The Morgan fingerprint density at radius 3 is 2.53 bits per heavy atom. The van der Waals surface area contributed by atoms with E-state index in [1.165, 1.54) is 4.90 Å². The Labute approximate surface area is 111 Å². The molecule has 0 atom stereocenters. The van der Waals surface area contributed by atoms with Crippen molar-refractivity contribution in [1.29, 1.82) is 0 Å². The van der Waals surface area contributed by atoms with Gasteiger partial charge in [-0.1, -0.05) is 37.3 Å². The summed E-state index contributed by atoms with van der Waals surface area (Å²) in [7, 11) is 0. The second kappa shape index (κ2) is 5.56. The first-order chi connectivity index (χ1) is 9.15. The smallest absolute Gasteiger partial charge is 0.414 e. The van der Waals surface area contributed by atoms with Gasteiger partial charge in [0.1, 0.15) is 12.3 Å². The zero-order valence-corrected chi connectivity index (χ0v) is 10.6. The zero-order chi connectivity index (χ0) is 13.8. The number of nitrogens with zero attached hydrogens (tertiary/aromatic N) is 1. The summed E-state index contributed by atoms with van der Waals surface area (Å²) in [6, 6.07) is 9.22. The third-order valence-corrected chi connectivity index (χ3v) is 2.99. The van der Waals surface area contributed by atoms with Crippen molar-refractivity contribution in [3.05, 3.63) is 41.6 Å². The largest absolute Gasteiger partial charge is 0.477 e. The molecule has 0 spiro atoms. The highest BCUT2D eigenvalue weighted by Gasteiger charge is 2.31. The number of cyclic esters (lactones) is 1. The molecule has 1 N–H and O–H groups in total. The molecule has 0 unspecified atom stereocenters. The molecule has 5 heteroatoms. The molecule has 1 fully saturated rings. The molecular weight excluding hydrogens is 246 g/mol. The maximum absolute atomic E-state index is 11.6. The van der Waals surface area contributed by atoms with Gasteiger partial charge in [-0.15, -0.1) is 0 Å². The molecule has 0 radical (unpaired) electrons. The molecule has 1 aliphatic rings.